The summed E-state index contributed by atoms with van der Waals surface area (Å²) in [6.07, 6.45) is 0. The lowest BCUT2D eigenvalue weighted by Crippen LogP contribution is -2.31. The number of nitrogens with one attached hydrogen (secondary N) is 1. The summed E-state index contributed by atoms with van der Waals surface area (Å²) < 4.78 is 5.97. The van der Waals surface area contributed by atoms with Gasteiger partial charge in [-0.3, -0.25) is 5.84 Å². The van der Waals surface area contributed by atoms with Crippen molar-refractivity contribution in [2.45, 2.75) is 33.7 Å². The molecule has 1 atom stereocenters. The highest BCUT2D eigenvalue weighted by molar-refractivity contribution is 6.34. The van der Waals surface area contributed by atoms with Gasteiger partial charge in [0.1, 0.15) is 5.76 Å². The van der Waals surface area contributed by atoms with Crippen LogP contribution < -0.4 is 11.3 Å². The van der Waals surface area contributed by atoms with Crippen LogP contribution in [0.15, 0.2) is 28.7 Å². The second kappa shape index (κ2) is 4.23. The fraction of sp³-hybridized carbons (Fsp3) is 0.500. The summed E-state index contributed by atoms with van der Waals surface area (Å²) in [6, 6.07) is 7.82. The zero-order chi connectivity index (χ0) is 14.7. The minimum atomic E-state index is 0.00321. The normalized spacial score (nSPS) is 22.1. The van der Waals surface area contributed by atoms with Crippen molar-refractivity contribution in [2.24, 2.45) is 22.6 Å². The molecular weight excluding hydrogens is 272 g/mol. The van der Waals surface area contributed by atoms with Gasteiger partial charge in [-0.25, -0.2) is 5.43 Å². The van der Waals surface area contributed by atoms with Gasteiger partial charge in [0, 0.05) is 5.39 Å². The highest BCUT2D eigenvalue weighted by Crippen LogP contribution is 2.72. The first-order chi connectivity index (χ1) is 9.30. The third kappa shape index (κ3) is 1.73. The summed E-state index contributed by atoms with van der Waals surface area (Å²) >= 11 is 6.18. The molecule has 108 valence electrons. The van der Waals surface area contributed by atoms with Crippen molar-refractivity contribution in [2.75, 3.05) is 0 Å². The van der Waals surface area contributed by atoms with Gasteiger partial charge in [-0.05, 0) is 28.9 Å². The molecule has 20 heavy (non-hydrogen) atoms. The highest BCUT2D eigenvalue weighted by atomic mass is 35.5. The number of hydrogen-bond donors (Lipinski definition) is 2. The predicted octanol–water partition coefficient (Wildman–Crippen LogP) is 4.27. The second-order valence-corrected chi connectivity index (χ2v) is 7.28. The van der Waals surface area contributed by atoms with E-state index in [0.717, 1.165) is 16.7 Å². The Morgan fingerprint density at radius 1 is 1.25 bits per heavy atom. The molecule has 1 saturated carbocycles. The number of benzene rings is 1. The van der Waals surface area contributed by atoms with Gasteiger partial charge in [0.15, 0.2) is 5.58 Å². The molecule has 1 unspecified atom stereocenters. The first-order valence-electron chi connectivity index (χ1n) is 6.95. The number of para-hydroxylation sites is 1. The van der Waals surface area contributed by atoms with E-state index in [1.165, 1.54) is 0 Å². The Morgan fingerprint density at radius 2 is 1.90 bits per heavy atom. The number of furan rings is 1. The molecule has 3 rings (SSSR count). The minimum absolute atomic E-state index is 0.00321. The highest BCUT2D eigenvalue weighted by Gasteiger charge is 2.67. The Labute approximate surface area is 124 Å². The monoisotopic (exact) mass is 292 g/mol. The second-order valence-electron chi connectivity index (χ2n) is 6.87. The lowest BCUT2D eigenvalue weighted by atomic mass is 10.0. The van der Waals surface area contributed by atoms with Gasteiger partial charge in [-0.2, -0.15) is 0 Å². The molecule has 0 spiro atoms. The topological polar surface area (TPSA) is 51.2 Å². The summed E-state index contributed by atoms with van der Waals surface area (Å²) in [6.45, 7) is 9.10. The van der Waals surface area contributed by atoms with Gasteiger partial charge in [0.05, 0.1) is 11.1 Å². The van der Waals surface area contributed by atoms with E-state index in [0.29, 0.717) is 10.9 Å². The molecule has 1 aliphatic carbocycles. The van der Waals surface area contributed by atoms with Crippen molar-refractivity contribution in [3.8, 4) is 0 Å². The number of halogens is 1. The number of fused-ring (bicyclic) bond motifs is 1. The van der Waals surface area contributed by atoms with Crippen LogP contribution in [0.2, 0.25) is 5.02 Å². The van der Waals surface area contributed by atoms with Crippen LogP contribution in [0.5, 0.6) is 0 Å². The van der Waals surface area contributed by atoms with Gasteiger partial charge in [0.25, 0.3) is 0 Å². The van der Waals surface area contributed by atoms with Crippen molar-refractivity contribution in [3.05, 3.63) is 35.0 Å². The molecule has 2 aromatic rings. The average molecular weight is 293 g/mol. The summed E-state index contributed by atoms with van der Waals surface area (Å²) in [5.74, 6) is 7.10. The number of nitrogens with two attached hydrogens (primary N) is 1. The third-order valence-corrected chi connectivity index (χ3v) is 5.76. The Hall–Kier alpha value is -1.03. The molecule has 4 heteroatoms. The molecule has 3 N–H and O–H groups in total. The van der Waals surface area contributed by atoms with Crippen LogP contribution in [-0.2, 0) is 0 Å². The Morgan fingerprint density at radius 3 is 2.40 bits per heavy atom. The number of rotatable bonds is 3. The third-order valence-electron chi connectivity index (χ3n) is 5.47. The van der Waals surface area contributed by atoms with Crippen molar-refractivity contribution in [1.29, 1.82) is 0 Å². The summed E-state index contributed by atoms with van der Waals surface area (Å²) in [7, 11) is 0. The SMILES string of the molecule is CC1(C)C(C(NN)c2cc3cccc(Cl)c3o2)C1(C)C. The van der Waals surface area contributed by atoms with Gasteiger partial charge < -0.3 is 4.42 Å². The van der Waals surface area contributed by atoms with Crippen molar-refractivity contribution >= 4 is 22.6 Å². The van der Waals surface area contributed by atoms with Gasteiger partial charge in [0.2, 0.25) is 0 Å². The standard InChI is InChI=1S/C16H21ClN2O/c1-15(2)14(16(15,3)4)12(19-18)11-8-9-6-5-7-10(17)13(9)20-11/h5-8,12,14,19H,18H2,1-4H3. The molecule has 1 aromatic carbocycles. The zero-order valence-electron chi connectivity index (χ0n) is 12.3. The van der Waals surface area contributed by atoms with Crippen molar-refractivity contribution < 1.29 is 4.42 Å². The summed E-state index contributed by atoms with van der Waals surface area (Å²) in [5.41, 5.74) is 4.13. The number of hydrogen-bond acceptors (Lipinski definition) is 3. The van der Waals surface area contributed by atoms with Crippen LogP contribution in [0.4, 0.5) is 0 Å². The van der Waals surface area contributed by atoms with E-state index in [2.05, 4.69) is 33.1 Å². The molecule has 3 nitrogen and oxygen atoms in total. The smallest absolute Gasteiger partial charge is 0.152 e. The lowest BCUT2D eigenvalue weighted by Gasteiger charge is -2.15. The van der Waals surface area contributed by atoms with Gasteiger partial charge >= 0.3 is 0 Å². The maximum absolute atomic E-state index is 6.18. The Kier molecular flexibility index (Phi) is 2.95. The average Bonchev–Trinajstić information content (AvgIpc) is 2.72. The van der Waals surface area contributed by atoms with E-state index >= 15 is 0 Å². The van der Waals surface area contributed by atoms with E-state index < -0.39 is 0 Å². The molecular formula is C16H21ClN2O. The van der Waals surface area contributed by atoms with Crippen LogP contribution in [0.3, 0.4) is 0 Å². The maximum Gasteiger partial charge on any atom is 0.152 e. The Balaban J connectivity index is 2.03. The van der Waals surface area contributed by atoms with E-state index in [4.69, 9.17) is 21.9 Å². The Bertz CT molecular complexity index is 646. The van der Waals surface area contributed by atoms with Crippen LogP contribution in [0.1, 0.15) is 39.5 Å². The maximum atomic E-state index is 6.18. The molecule has 1 aliphatic rings. The zero-order valence-corrected chi connectivity index (χ0v) is 13.1. The lowest BCUT2D eigenvalue weighted by molar-refractivity contribution is 0.355. The van der Waals surface area contributed by atoms with Crippen LogP contribution in [-0.4, -0.2) is 0 Å². The minimum Gasteiger partial charge on any atom is -0.458 e. The van der Waals surface area contributed by atoms with Gasteiger partial charge in [-0.1, -0.05) is 51.4 Å². The van der Waals surface area contributed by atoms with Gasteiger partial charge in [-0.15, -0.1) is 0 Å². The van der Waals surface area contributed by atoms with E-state index in [9.17, 15) is 0 Å². The van der Waals surface area contributed by atoms with Crippen LogP contribution in [0, 0.1) is 16.7 Å². The predicted molar refractivity (Wildman–Crippen MR) is 82.3 cm³/mol. The quantitative estimate of drug-likeness (QED) is 0.656. The van der Waals surface area contributed by atoms with Crippen LogP contribution >= 0.6 is 11.6 Å². The fourth-order valence-corrected chi connectivity index (χ4v) is 3.84. The molecule has 1 fully saturated rings. The van der Waals surface area contributed by atoms with Crippen molar-refractivity contribution in [1.82, 2.24) is 5.43 Å². The van der Waals surface area contributed by atoms with E-state index in [1.54, 1.807) is 0 Å². The molecule has 1 heterocycles. The van der Waals surface area contributed by atoms with E-state index in [-0.39, 0.29) is 16.9 Å². The number of hydrazine groups is 1. The first kappa shape index (κ1) is 13.9. The van der Waals surface area contributed by atoms with Crippen LogP contribution in [0.25, 0.3) is 11.0 Å². The molecule has 0 aliphatic heterocycles. The summed E-state index contributed by atoms with van der Waals surface area (Å²) in [5, 5.41) is 1.66. The molecule has 0 saturated heterocycles. The molecule has 0 radical (unpaired) electrons. The van der Waals surface area contributed by atoms with E-state index in [1.807, 2.05) is 24.3 Å². The van der Waals surface area contributed by atoms with Crippen molar-refractivity contribution in [3.63, 3.8) is 0 Å². The largest absolute Gasteiger partial charge is 0.458 e. The molecule has 1 aromatic heterocycles. The first-order valence-corrected chi connectivity index (χ1v) is 7.32. The molecule has 0 amide bonds. The molecule has 0 bridgehead atoms. The fourth-order valence-electron chi connectivity index (χ4n) is 3.62. The summed E-state index contributed by atoms with van der Waals surface area (Å²) in [4.78, 5) is 0.